The topological polar surface area (TPSA) is 32.6 Å². The number of nitrogens with zero attached hydrogens (tertiary/aromatic N) is 2. The van der Waals surface area contributed by atoms with Crippen molar-refractivity contribution in [1.82, 2.24) is 0 Å². The first kappa shape index (κ1) is 19.4. The SMILES string of the molecule is CCCCCCC/C=C/CCCC1N=CC[N+]1(CC)C(C)O. The lowest BCUT2D eigenvalue weighted by Gasteiger charge is -2.40. The molecule has 0 spiro atoms. The summed E-state index contributed by atoms with van der Waals surface area (Å²) in [4.78, 5) is 4.62. The van der Waals surface area contributed by atoms with E-state index in [9.17, 15) is 5.11 Å². The van der Waals surface area contributed by atoms with Crippen molar-refractivity contribution >= 4 is 6.21 Å². The summed E-state index contributed by atoms with van der Waals surface area (Å²) in [7, 11) is 0. The fourth-order valence-electron chi connectivity index (χ4n) is 3.43. The smallest absolute Gasteiger partial charge is 0.189 e. The Kier molecular flexibility index (Phi) is 9.65. The van der Waals surface area contributed by atoms with Crippen LogP contribution in [0, 0.1) is 0 Å². The van der Waals surface area contributed by atoms with E-state index in [-0.39, 0.29) is 12.4 Å². The summed E-state index contributed by atoms with van der Waals surface area (Å²) >= 11 is 0. The van der Waals surface area contributed by atoms with E-state index in [0.717, 1.165) is 30.4 Å². The molecule has 0 aliphatic carbocycles. The summed E-state index contributed by atoms with van der Waals surface area (Å²) in [5, 5.41) is 10.1. The van der Waals surface area contributed by atoms with Gasteiger partial charge in [-0.15, -0.1) is 0 Å². The molecule has 3 atom stereocenters. The van der Waals surface area contributed by atoms with Crippen molar-refractivity contribution in [3.05, 3.63) is 12.2 Å². The maximum atomic E-state index is 10.1. The van der Waals surface area contributed by atoms with Crippen LogP contribution in [0.15, 0.2) is 17.1 Å². The number of aliphatic imine (C=N–C) groups is 1. The van der Waals surface area contributed by atoms with Crippen molar-refractivity contribution in [2.45, 2.75) is 91.0 Å². The molecule has 1 aliphatic heterocycles. The zero-order chi connectivity index (χ0) is 16.3. The molecular weight excluding hydrogens is 272 g/mol. The molecule has 1 aliphatic rings. The highest BCUT2D eigenvalue weighted by Gasteiger charge is 2.41. The molecule has 1 heterocycles. The quantitative estimate of drug-likeness (QED) is 0.317. The van der Waals surface area contributed by atoms with E-state index >= 15 is 0 Å². The van der Waals surface area contributed by atoms with Crippen molar-refractivity contribution in [3.63, 3.8) is 0 Å². The monoisotopic (exact) mass is 309 g/mol. The van der Waals surface area contributed by atoms with E-state index in [1.807, 2.05) is 13.1 Å². The van der Waals surface area contributed by atoms with Crippen molar-refractivity contribution in [2.24, 2.45) is 4.99 Å². The molecule has 0 bridgehead atoms. The number of unbranched alkanes of at least 4 members (excludes halogenated alkanes) is 6. The highest BCUT2D eigenvalue weighted by molar-refractivity contribution is 5.60. The molecule has 0 amide bonds. The second-order valence-corrected chi connectivity index (χ2v) is 6.65. The Morgan fingerprint density at radius 2 is 1.82 bits per heavy atom. The van der Waals surface area contributed by atoms with E-state index in [2.05, 4.69) is 31.0 Å². The van der Waals surface area contributed by atoms with E-state index in [4.69, 9.17) is 0 Å². The Labute approximate surface area is 137 Å². The summed E-state index contributed by atoms with van der Waals surface area (Å²) in [6, 6.07) is 0. The van der Waals surface area contributed by atoms with E-state index in [0.29, 0.717) is 0 Å². The third-order valence-corrected chi connectivity index (χ3v) is 5.10. The normalized spacial score (nSPS) is 26.1. The standard InChI is InChI=1S/C19H37N2O/c1-4-6-7-8-9-10-11-12-13-14-15-19-20-16-17-21(19,5-2)18(3)22/h11-12,16,18-19,22H,4-10,13-15,17H2,1-3H3/q+1/b12-11+. The highest BCUT2D eigenvalue weighted by Crippen LogP contribution is 2.26. The molecule has 0 aromatic carbocycles. The van der Waals surface area contributed by atoms with Crippen LogP contribution in [0.5, 0.6) is 0 Å². The zero-order valence-corrected chi connectivity index (χ0v) is 15.0. The molecular formula is C19H37N2O+. The average molecular weight is 310 g/mol. The van der Waals surface area contributed by atoms with Crippen LogP contribution in [0.25, 0.3) is 0 Å². The molecule has 0 saturated carbocycles. The number of hydrogen-bond donors (Lipinski definition) is 1. The van der Waals surface area contributed by atoms with Crippen LogP contribution in [0.3, 0.4) is 0 Å². The van der Waals surface area contributed by atoms with Crippen LogP contribution in [0.4, 0.5) is 0 Å². The summed E-state index contributed by atoms with van der Waals surface area (Å²) in [5.41, 5.74) is 0. The van der Waals surface area contributed by atoms with Gasteiger partial charge in [-0.05, 0) is 32.6 Å². The Balaban J connectivity index is 2.15. The Morgan fingerprint density at radius 3 is 2.45 bits per heavy atom. The van der Waals surface area contributed by atoms with Crippen LogP contribution in [-0.4, -0.2) is 41.3 Å². The minimum Gasteiger partial charge on any atom is -0.345 e. The minimum absolute atomic E-state index is 0.257. The molecule has 3 nitrogen and oxygen atoms in total. The molecule has 128 valence electrons. The second kappa shape index (κ2) is 11.0. The molecule has 1 N–H and O–H groups in total. The highest BCUT2D eigenvalue weighted by atomic mass is 16.3. The summed E-state index contributed by atoms with van der Waals surface area (Å²) < 4.78 is 0.723. The van der Waals surface area contributed by atoms with Crippen LogP contribution >= 0.6 is 0 Å². The van der Waals surface area contributed by atoms with Gasteiger partial charge >= 0.3 is 0 Å². The van der Waals surface area contributed by atoms with Gasteiger partial charge in [-0.1, -0.05) is 44.8 Å². The summed E-state index contributed by atoms with van der Waals surface area (Å²) in [6.45, 7) is 8.16. The predicted molar refractivity (Wildman–Crippen MR) is 96.0 cm³/mol. The van der Waals surface area contributed by atoms with Gasteiger partial charge in [0.25, 0.3) is 0 Å². The van der Waals surface area contributed by atoms with E-state index in [1.54, 1.807) is 0 Å². The van der Waals surface area contributed by atoms with Crippen molar-refractivity contribution in [3.8, 4) is 0 Å². The third-order valence-electron chi connectivity index (χ3n) is 5.10. The number of aliphatic hydroxyl groups is 1. The number of rotatable bonds is 12. The second-order valence-electron chi connectivity index (χ2n) is 6.65. The molecule has 0 aromatic rings. The van der Waals surface area contributed by atoms with E-state index in [1.165, 1.54) is 44.9 Å². The molecule has 0 fully saturated rings. The van der Waals surface area contributed by atoms with Crippen molar-refractivity contribution in [1.29, 1.82) is 0 Å². The minimum atomic E-state index is -0.323. The Bertz CT molecular complexity index is 338. The molecule has 22 heavy (non-hydrogen) atoms. The number of hydrogen-bond acceptors (Lipinski definition) is 2. The average Bonchev–Trinajstić information content (AvgIpc) is 2.93. The van der Waals surface area contributed by atoms with Gasteiger partial charge in [0.15, 0.2) is 12.4 Å². The molecule has 1 rings (SSSR count). The molecule has 3 unspecified atom stereocenters. The molecule has 0 radical (unpaired) electrons. The van der Waals surface area contributed by atoms with Gasteiger partial charge in [0.2, 0.25) is 0 Å². The number of allylic oxidation sites excluding steroid dienone is 2. The first-order chi connectivity index (χ1) is 10.7. The van der Waals surface area contributed by atoms with Gasteiger partial charge in [-0.3, -0.25) is 4.48 Å². The maximum Gasteiger partial charge on any atom is 0.189 e. The zero-order valence-electron chi connectivity index (χ0n) is 15.0. The van der Waals surface area contributed by atoms with Crippen LogP contribution in [0.2, 0.25) is 0 Å². The first-order valence-corrected chi connectivity index (χ1v) is 9.38. The maximum absolute atomic E-state index is 10.1. The molecule has 3 heteroatoms. The van der Waals surface area contributed by atoms with E-state index < -0.39 is 0 Å². The predicted octanol–water partition coefficient (Wildman–Crippen LogP) is 4.66. The number of quaternary nitrogens is 1. The van der Waals surface area contributed by atoms with Gasteiger partial charge in [0, 0.05) is 13.3 Å². The number of aliphatic hydroxyl groups excluding tert-OH is 1. The van der Waals surface area contributed by atoms with Crippen molar-refractivity contribution in [2.75, 3.05) is 13.1 Å². The lowest BCUT2D eigenvalue weighted by atomic mass is 10.1. The van der Waals surface area contributed by atoms with Crippen LogP contribution < -0.4 is 0 Å². The Hall–Kier alpha value is -0.670. The molecule has 0 aromatic heterocycles. The lowest BCUT2D eigenvalue weighted by molar-refractivity contribution is -0.976. The van der Waals surface area contributed by atoms with Crippen molar-refractivity contribution < 1.29 is 9.59 Å². The van der Waals surface area contributed by atoms with Crippen LogP contribution in [0.1, 0.15) is 78.6 Å². The Morgan fingerprint density at radius 1 is 1.14 bits per heavy atom. The van der Waals surface area contributed by atoms with Gasteiger partial charge < -0.3 is 5.11 Å². The van der Waals surface area contributed by atoms with Gasteiger partial charge in [-0.25, -0.2) is 4.99 Å². The third kappa shape index (κ3) is 5.85. The summed E-state index contributed by atoms with van der Waals surface area (Å²) in [6.07, 6.45) is 18.0. The van der Waals surface area contributed by atoms with Gasteiger partial charge in [0.1, 0.15) is 6.54 Å². The summed E-state index contributed by atoms with van der Waals surface area (Å²) in [5.74, 6) is 0. The first-order valence-electron chi connectivity index (χ1n) is 9.38. The molecule has 0 saturated heterocycles. The fourth-order valence-corrected chi connectivity index (χ4v) is 3.43. The lowest BCUT2D eigenvalue weighted by Crippen LogP contribution is -2.57. The van der Waals surface area contributed by atoms with Gasteiger partial charge in [0.05, 0.1) is 12.8 Å². The fraction of sp³-hybridized carbons (Fsp3) is 0.842. The van der Waals surface area contributed by atoms with Gasteiger partial charge in [-0.2, -0.15) is 0 Å². The largest absolute Gasteiger partial charge is 0.345 e. The van der Waals surface area contributed by atoms with Crippen LogP contribution in [-0.2, 0) is 0 Å².